The summed E-state index contributed by atoms with van der Waals surface area (Å²) in [6.45, 7) is 6.01. The number of carbonyl (C=O) groups is 1. The molecule has 2 fully saturated rings. The van der Waals surface area contributed by atoms with E-state index in [-0.39, 0.29) is 12.1 Å². The second kappa shape index (κ2) is 9.15. The highest BCUT2D eigenvalue weighted by Gasteiger charge is 2.22. The Bertz CT molecular complexity index is 522. The molecule has 0 radical (unpaired) electrons. The van der Waals surface area contributed by atoms with E-state index < -0.39 is 0 Å². The van der Waals surface area contributed by atoms with Crippen LogP contribution in [0.5, 0.6) is 0 Å². The van der Waals surface area contributed by atoms with Crippen molar-refractivity contribution in [2.45, 2.75) is 38.3 Å². The van der Waals surface area contributed by atoms with Crippen LogP contribution in [0.2, 0.25) is 0 Å². The minimum Gasteiger partial charge on any atom is -0.338 e. The number of nitrogens with one attached hydrogen (secondary N) is 2. The van der Waals surface area contributed by atoms with Crippen molar-refractivity contribution in [2.75, 3.05) is 39.8 Å². The summed E-state index contributed by atoms with van der Waals surface area (Å²) in [5.74, 6) is 0.627. The van der Waals surface area contributed by atoms with E-state index in [1.54, 1.807) is 0 Å². The highest BCUT2D eigenvalue weighted by molar-refractivity contribution is 5.74. The van der Waals surface area contributed by atoms with Gasteiger partial charge in [-0.2, -0.15) is 0 Å². The first-order valence-electron chi connectivity index (χ1n) is 9.54. The van der Waals surface area contributed by atoms with E-state index in [0.717, 1.165) is 57.8 Å². The molecule has 6 heteroatoms. The van der Waals surface area contributed by atoms with Crippen molar-refractivity contribution >= 4 is 6.03 Å². The number of pyridine rings is 1. The lowest BCUT2D eigenvalue weighted by Gasteiger charge is -2.32. The molecular formula is C19H31N5O. The zero-order valence-corrected chi connectivity index (χ0v) is 15.3. The predicted octanol–water partition coefficient (Wildman–Crippen LogP) is 1.69. The van der Waals surface area contributed by atoms with Crippen LogP contribution in [0.1, 0.15) is 31.4 Å². The molecule has 25 heavy (non-hydrogen) atoms. The average molecular weight is 345 g/mol. The maximum atomic E-state index is 12.1. The van der Waals surface area contributed by atoms with Gasteiger partial charge in [-0.15, -0.1) is 0 Å². The SMILES string of the molecule is CN1CCC(CNC(=O)NC2CCN(Cc3ccccn3)CC2)CC1. The molecule has 6 nitrogen and oxygen atoms in total. The third-order valence-electron chi connectivity index (χ3n) is 5.42. The lowest BCUT2D eigenvalue weighted by molar-refractivity contribution is 0.182. The van der Waals surface area contributed by atoms with Crippen LogP contribution in [0.15, 0.2) is 24.4 Å². The molecule has 2 aliphatic rings. The number of hydrogen-bond acceptors (Lipinski definition) is 4. The Labute approximate surface area is 151 Å². The molecule has 0 saturated carbocycles. The molecule has 0 aliphatic carbocycles. The van der Waals surface area contributed by atoms with E-state index in [9.17, 15) is 4.79 Å². The maximum absolute atomic E-state index is 12.1. The van der Waals surface area contributed by atoms with E-state index in [1.807, 2.05) is 18.3 Å². The lowest BCUT2D eigenvalue weighted by atomic mass is 9.97. The van der Waals surface area contributed by atoms with Crippen LogP contribution >= 0.6 is 0 Å². The molecule has 0 spiro atoms. The molecule has 2 saturated heterocycles. The topological polar surface area (TPSA) is 60.5 Å². The van der Waals surface area contributed by atoms with Gasteiger partial charge in [0.05, 0.1) is 5.69 Å². The van der Waals surface area contributed by atoms with Gasteiger partial charge in [0, 0.05) is 38.4 Å². The average Bonchev–Trinajstić information content (AvgIpc) is 2.64. The maximum Gasteiger partial charge on any atom is 0.315 e. The molecule has 0 atom stereocenters. The van der Waals surface area contributed by atoms with Gasteiger partial charge in [-0.1, -0.05) is 6.07 Å². The highest BCUT2D eigenvalue weighted by Crippen LogP contribution is 2.15. The van der Waals surface area contributed by atoms with Crippen molar-refractivity contribution in [3.63, 3.8) is 0 Å². The number of urea groups is 1. The Balaban J connectivity index is 1.31. The molecule has 3 rings (SSSR count). The number of nitrogens with zero attached hydrogens (tertiary/aromatic N) is 3. The molecule has 3 heterocycles. The van der Waals surface area contributed by atoms with Gasteiger partial charge in [-0.05, 0) is 63.9 Å². The van der Waals surface area contributed by atoms with Crippen LogP contribution < -0.4 is 10.6 Å². The summed E-state index contributed by atoms with van der Waals surface area (Å²) in [6, 6.07) is 6.34. The van der Waals surface area contributed by atoms with E-state index in [4.69, 9.17) is 0 Å². The molecule has 1 aromatic heterocycles. The van der Waals surface area contributed by atoms with Gasteiger partial charge in [0.15, 0.2) is 0 Å². The summed E-state index contributed by atoms with van der Waals surface area (Å²) in [5.41, 5.74) is 1.12. The monoisotopic (exact) mass is 345 g/mol. The van der Waals surface area contributed by atoms with Crippen LogP contribution in [-0.2, 0) is 6.54 Å². The molecule has 138 valence electrons. The summed E-state index contributed by atoms with van der Waals surface area (Å²) in [7, 11) is 2.16. The van der Waals surface area contributed by atoms with Crippen molar-refractivity contribution < 1.29 is 4.79 Å². The zero-order valence-electron chi connectivity index (χ0n) is 15.3. The number of likely N-dealkylation sites (tertiary alicyclic amines) is 2. The highest BCUT2D eigenvalue weighted by atomic mass is 16.2. The fourth-order valence-electron chi connectivity index (χ4n) is 3.70. The smallest absolute Gasteiger partial charge is 0.315 e. The quantitative estimate of drug-likeness (QED) is 0.853. The van der Waals surface area contributed by atoms with Crippen LogP contribution in [0.4, 0.5) is 4.79 Å². The number of amides is 2. The molecular weight excluding hydrogens is 314 g/mol. The van der Waals surface area contributed by atoms with Gasteiger partial charge in [-0.25, -0.2) is 4.79 Å². The molecule has 2 N–H and O–H groups in total. The number of piperidine rings is 2. The third kappa shape index (κ3) is 5.97. The van der Waals surface area contributed by atoms with Crippen molar-refractivity contribution in [3.05, 3.63) is 30.1 Å². The third-order valence-corrected chi connectivity index (χ3v) is 5.42. The molecule has 2 aliphatic heterocycles. The van der Waals surface area contributed by atoms with Gasteiger partial charge in [-0.3, -0.25) is 9.88 Å². The summed E-state index contributed by atoms with van der Waals surface area (Å²) in [4.78, 5) is 21.3. The first kappa shape index (κ1) is 18.1. The first-order chi connectivity index (χ1) is 12.2. The predicted molar refractivity (Wildman–Crippen MR) is 99.3 cm³/mol. The molecule has 0 unspecified atom stereocenters. The zero-order chi connectivity index (χ0) is 17.5. The number of rotatable bonds is 5. The second-order valence-corrected chi connectivity index (χ2v) is 7.47. The minimum absolute atomic E-state index is 0.00195. The van der Waals surface area contributed by atoms with Gasteiger partial charge in [0.1, 0.15) is 0 Å². The number of carbonyl (C=O) groups excluding carboxylic acids is 1. The van der Waals surface area contributed by atoms with Gasteiger partial charge >= 0.3 is 6.03 Å². The summed E-state index contributed by atoms with van der Waals surface area (Å²) >= 11 is 0. The summed E-state index contributed by atoms with van der Waals surface area (Å²) in [5, 5.41) is 6.22. The summed E-state index contributed by atoms with van der Waals surface area (Å²) < 4.78 is 0. The molecule has 0 aromatic carbocycles. The Morgan fingerprint density at radius 3 is 2.60 bits per heavy atom. The van der Waals surface area contributed by atoms with E-state index in [0.29, 0.717) is 5.92 Å². The van der Waals surface area contributed by atoms with E-state index in [2.05, 4.69) is 38.5 Å². The lowest BCUT2D eigenvalue weighted by Crippen LogP contribution is -2.49. The number of aromatic nitrogens is 1. The first-order valence-corrected chi connectivity index (χ1v) is 9.54. The van der Waals surface area contributed by atoms with Crippen molar-refractivity contribution in [1.82, 2.24) is 25.4 Å². The molecule has 1 aromatic rings. The van der Waals surface area contributed by atoms with Gasteiger partial charge in [0.2, 0.25) is 0 Å². The normalized spacial score (nSPS) is 21.2. The summed E-state index contributed by atoms with van der Waals surface area (Å²) in [6.07, 6.45) is 6.23. The Kier molecular flexibility index (Phi) is 6.64. The Morgan fingerprint density at radius 1 is 1.16 bits per heavy atom. The fourth-order valence-corrected chi connectivity index (χ4v) is 3.70. The largest absolute Gasteiger partial charge is 0.338 e. The van der Waals surface area contributed by atoms with E-state index >= 15 is 0 Å². The van der Waals surface area contributed by atoms with Crippen LogP contribution in [0, 0.1) is 5.92 Å². The molecule has 0 bridgehead atoms. The van der Waals surface area contributed by atoms with Gasteiger partial charge < -0.3 is 15.5 Å². The van der Waals surface area contributed by atoms with Crippen LogP contribution in [-0.4, -0.2) is 66.6 Å². The second-order valence-electron chi connectivity index (χ2n) is 7.47. The Morgan fingerprint density at radius 2 is 1.92 bits per heavy atom. The van der Waals surface area contributed by atoms with Gasteiger partial charge in [0.25, 0.3) is 0 Å². The standard InChI is InChI=1S/C19H31N5O/c1-23-10-5-16(6-11-23)14-21-19(25)22-17-7-12-24(13-8-17)15-18-4-2-3-9-20-18/h2-4,9,16-17H,5-8,10-15H2,1H3,(H2,21,22,25). The Hall–Kier alpha value is -1.66. The number of hydrogen-bond donors (Lipinski definition) is 2. The van der Waals surface area contributed by atoms with Crippen LogP contribution in [0.3, 0.4) is 0 Å². The van der Waals surface area contributed by atoms with E-state index in [1.165, 1.54) is 12.8 Å². The minimum atomic E-state index is 0.00195. The van der Waals surface area contributed by atoms with Crippen molar-refractivity contribution in [2.24, 2.45) is 5.92 Å². The van der Waals surface area contributed by atoms with Crippen molar-refractivity contribution in [3.8, 4) is 0 Å². The molecule has 2 amide bonds. The van der Waals surface area contributed by atoms with Crippen molar-refractivity contribution in [1.29, 1.82) is 0 Å². The van der Waals surface area contributed by atoms with Crippen LogP contribution in [0.25, 0.3) is 0 Å². The fraction of sp³-hybridized carbons (Fsp3) is 0.684.